The van der Waals surface area contributed by atoms with Crippen molar-refractivity contribution in [3.8, 4) is 0 Å². The summed E-state index contributed by atoms with van der Waals surface area (Å²) in [5, 5.41) is 10.6. The summed E-state index contributed by atoms with van der Waals surface area (Å²) in [5.74, 6) is -1.36. The van der Waals surface area contributed by atoms with Crippen molar-refractivity contribution < 1.29 is 80.2 Å². The maximum absolute atomic E-state index is 13.1. The van der Waals surface area contributed by atoms with Gasteiger partial charge >= 0.3 is 39.5 Å². The van der Waals surface area contributed by atoms with Gasteiger partial charge in [0.15, 0.2) is 12.2 Å². The number of carbonyl (C=O) groups excluding carboxylic acids is 4. The fraction of sp³-hybridized carbons (Fsp3) is 0.949. The minimum absolute atomic E-state index is 0.106. The van der Waals surface area contributed by atoms with Crippen LogP contribution < -0.4 is 0 Å². The highest BCUT2D eigenvalue weighted by Crippen LogP contribution is 2.45. The van der Waals surface area contributed by atoms with Gasteiger partial charge in [0.25, 0.3) is 0 Å². The third-order valence-corrected chi connectivity index (χ3v) is 20.2. The van der Waals surface area contributed by atoms with Crippen LogP contribution in [0.5, 0.6) is 0 Å². The van der Waals surface area contributed by atoms with E-state index in [1.54, 1.807) is 0 Å². The predicted octanol–water partition coefficient (Wildman–Crippen LogP) is 23.3. The van der Waals surface area contributed by atoms with E-state index in [0.717, 1.165) is 95.8 Å². The average molecular weight is 1420 g/mol. The van der Waals surface area contributed by atoms with Crippen molar-refractivity contribution in [1.82, 2.24) is 0 Å². The number of aliphatic hydroxyl groups excluding tert-OH is 1. The maximum Gasteiger partial charge on any atom is 0.472 e. The van der Waals surface area contributed by atoms with Gasteiger partial charge in [-0.25, -0.2) is 9.13 Å². The van der Waals surface area contributed by atoms with E-state index in [2.05, 4.69) is 34.6 Å². The number of ether oxygens (including phenoxy) is 4. The Balaban J connectivity index is 5.24. The van der Waals surface area contributed by atoms with E-state index in [9.17, 15) is 43.2 Å². The minimum Gasteiger partial charge on any atom is -0.462 e. The first-order valence-corrected chi connectivity index (χ1v) is 43.6. The molecule has 2 unspecified atom stereocenters. The van der Waals surface area contributed by atoms with Crippen LogP contribution in [0.25, 0.3) is 0 Å². The highest BCUT2D eigenvalue weighted by Gasteiger charge is 2.30. The topological polar surface area (TPSA) is 237 Å². The van der Waals surface area contributed by atoms with Crippen LogP contribution >= 0.6 is 15.6 Å². The van der Waals surface area contributed by atoms with Crippen LogP contribution in [-0.4, -0.2) is 96.7 Å². The number of phosphoric acid groups is 2. The first kappa shape index (κ1) is 95.1. The van der Waals surface area contributed by atoms with Gasteiger partial charge in [0.1, 0.15) is 19.3 Å². The summed E-state index contributed by atoms with van der Waals surface area (Å²) >= 11 is 0. The van der Waals surface area contributed by atoms with Crippen LogP contribution in [0, 0.1) is 5.92 Å². The SMILES string of the molecule is CCCCCCCCCCCCCCCCCCCC(=O)OC[C@H](COP(=O)(O)OC[C@@H](O)COP(=O)(O)OC[C@@H](COC(=O)CCCCCCCCCCCC)OC(=O)CCCCCCCCCCCCC(C)C)OC(=O)CCCCCCCCCCCCCCCCCCC. The van der Waals surface area contributed by atoms with Crippen molar-refractivity contribution in [2.75, 3.05) is 39.6 Å². The second-order valence-corrected chi connectivity index (χ2v) is 31.5. The van der Waals surface area contributed by atoms with E-state index >= 15 is 0 Å². The molecule has 0 saturated carbocycles. The number of esters is 4. The van der Waals surface area contributed by atoms with Gasteiger partial charge in [0.05, 0.1) is 26.4 Å². The normalized spacial score (nSPS) is 13.9. The molecule has 0 aromatic heterocycles. The van der Waals surface area contributed by atoms with Gasteiger partial charge in [-0.15, -0.1) is 0 Å². The quantitative estimate of drug-likeness (QED) is 0.0222. The van der Waals surface area contributed by atoms with Gasteiger partial charge in [-0.2, -0.15) is 0 Å². The molecule has 0 rings (SSSR count). The molecule has 0 amide bonds. The number of unbranched alkanes of at least 4 members (excludes halogenated alkanes) is 50. The summed E-state index contributed by atoms with van der Waals surface area (Å²) in [5.41, 5.74) is 0. The molecule has 5 atom stereocenters. The molecule has 0 radical (unpaired) electrons. The van der Waals surface area contributed by atoms with Crippen molar-refractivity contribution in [3.63, 3.8) is 0 Å². The van der Waals surface area contributed by atoms with Gasteiger partial charge in [-0.3, -0.25) is 37.3 Å². The molecule has 0 heterocycles. The molecule has 0 aliphatic heterocycles. The summed E-state index contributed by atoms with van der Waals surface area (Å²) in [6.07, 6.45) is 61.0. The first-order chi connectivity index (χ1) is 47.0. The Morgan fingerprint density at radius 3 is 0.701 bits per heavy atom. The summed E-state index contributed by atoms with van der Waals surface area (Å²) < 4.78 is 68.6. The van der Waals surface area contributed by atoms with Gasteiger partial charge in [-0.1, -0.05) is 362 Å². The van der Waals surface area contributed by atoms with Gasteiger partial charge in [0.2, 0.25) is 0 Å². The average Bonchev–Trinajstić information content (AvgIpc) is 3.00. The fourth-order valence-electron chi connectivity index (χ4n) is 12.1. The Bertz CT molecular complexity index is 1860. The van der Waals surface area contributed by atoms with Crippen molar-refractivity contribution in [3.05, 3.63) is 0 Å². The van der Waals surface area contributed by atoms with E-state index in [0.29, 0.717) is 25.7 Å². The molecule has 0 saturated heterocycles. The molecular weight excluding hydrogens is 1270 g/mol. The molecule has 0 aromatic carbocycles. The number of hydrogen-bond donors (Lipinski definition) is 3. The maximum atomic E-state index is 13.1. The lowest BCUT2D eigenvalue weighted by atomic mass is 10.0. The van der Waals surface area contributed by atoms with Crippen LogP contribution in [0.4, 0.5) is 0 Å². The Morgan fingerprint density at radius 2 is 0.474 bits per heavy atom. The predicted molar refractivity (Wildman–Crippen MR) is 395 cm³/mol. The Hall–Kier alpha value is -1.94. The Kier molecular flexibility index (Phi) is 69.6. The third kappa shape index (κ3) is 72.2. The standard InChI is InChI=1S/C78H152O17P2/c1-6-9-12-15-18-21-24-26-28-30-32-34-36-42-47-52-57-62-76(81)89-68-74(94-77(82)63-58-53-48-43-37-35-33-31-29-27-25-22-19-16-13-10-7-2)70-93-97(86,87)91-66-72(79)65-90-96(84,85)92-69-73(67-88-75(80)61-56-51-46-41-23-20-17-14-11-8-3)95-78(83)64-59-54-49-44-39-38-40-45-50-55-60-71(4)5/h71-74,79H,6-70H2,1-5H3,(H,84,85)(H,86,87)/t72-,73+,74+/m0/s1. The Labute approximate surface area is 594 Å². The molecule has 3 N–H and O–H groups in total. The number of phosphoric ester groups is 2. The minimum atomic E-state index is -4.96. The molecule has 17 nitrogen and oxygen atoms in total. The molecule has 576 valence electrons. The lowest BCUT2D eigenvalue weighted by molar-refractivity contribution is -0.161. The Morgan fingerprint density at radius 1 is 0.278 bits per heavy atom. The molecule has 0 fully saturated rings. The highest BCUT2D eigenvalue weighted by atomic mass is 31.2. The molecular formula is C78H152O17P2. The summed E-state index contributed by atoms with van der Waals surface area (Å²) in [6, 6.07) is 0. The molecule has 19 heteroatoms. The van der Waals surface area contributed by atoms with Gasteiger partial charge in [-0.05, 0) is 31.6 Å². The fourth-order valence-corrected chi connectivity index (χ4v) is 13.6. The lowest BCUT2D eigenvalue weighted by Gasteiger charge is -2.21. The number of hydrogen-bond acceptors (Lipinski definition) is 15. The van der Waals surface area contributed by atoms with E-state index in [1.165, 1.54) is 238 Å². The number of aliphatic hydroxyl groups is 1. The zero-order valence-corrected chi connectivity index (χ0v) is 65.0. The van der Waals surface area contributed by atoms with Gasteiger partial charge in [0, 0.05) is 25.7 Å². The zero-order valence-electron chi connectivity index (χ0n) is 63.2. The molecule has 0 aliphatic rings. The third-order valence-electron chi connectivity index (χ3n) is 18.3. The molecule has 0 spiro atoms. The molecule has 0 aromatic rings. The molecule has 97 heavy (non-hydrogen) atoms. The number of carbonyl (C=O) groups is 4. The van der Waals surface area contributed by atoms with Crippen LogP contribution in [0.1, 0.15) is 413 Å². The highest BCUT2D eigenvalue weighted by molar-refractivity contribution is 7.47. The van der Waals surface area contributed by atoms with E-state index in [1.807, 2.05) is 0 Å². The first-order valence-electron chi connectivity index (χ1n) is 40.6. The van der Waals surface area contributed by atoms with Crippen molar-refractivity contribution in [2.45, 2.75) is 432 Å². The van der Waals surface area contributed by atoms with E-state index in [-0.39, 0.29) is 25.7 Å². The monoisotopic (exact) mass is 1420 g/mol. The second-order valence-electron chi connectivity index (χ2n) is 28.6. The van der Waals surface area contributed by atoms with E-state index in [4.69, 9.17) is 37.0 Å². The van der Waals surface area contributed by atoms with Crippen LogP contribution in [0.2, 0.25) is 0 Å². The number of rotatable bonds is 78. The van der Waals surface area contributed by atoms with Crippen LogP contribution in [0.15, 0.2) is 0 Å². The van der Waals surface area contributed by atoms with Crippen LogP contribution in [0.3, 0.4) is 0 Å². The van der Waals surface area contributed by atoms with Crippen molar-refractivity contribution in [1.29, 1.82) is 0 Å². The summed E-state index contributed by atoms with van der Waals surface area (Å²) in [6.45, 7) is 7.30. The molecule has 0 aliphatic carbocycles. The van der Waals surface area contributed by atoms with Crippen molar-refractivity contribution in [2.24, 2.45) is 5.92 Å². The van der Waals surface area contributed by atoms with Crippen molar-refractivity contribution >= 4 is 39.5 Å². The van der Waals surface area contributed by atoms with Crippen LogP contribution in [-0.2, 0) is 65.4 Å². The smallest absolute Gasteiger partial charge is 0.462 e. The molecule has 0 bridgehead atoms. The van der Waals surface area contributed by atoms with Gasteiger partial charge < -0.3 is 33.8 Å². The summed E-state index contributed by atoms with van der Waals surface area (Å²) in [7, 11) is -9.91. The summed E-state index contributed by atoms with van der Waals surface area (Å²) in [4.78, 5) is 72.9. The lowest BCUT2D eigenvalue weighted by Crippen LogP contribution is -2.30. The van der Waals surface area contributed by atoms with E-state index < -0.39 is 97.5 Å². The zero-order chi connectivity index (χ0) is 71.2. The largest absolute Gasteiger partial charge is 0.472 e. The second kappa shape index (κ2) is 71.1.